The first kappa shape index (κ1) is 10.1. The molecule has 0 fully saturated rings. The van der Waals surface area contributed by atoms with Gasteiger partial charge in [-0.3, -0.25) is 0 Å². The summed E-state index contributed by atoms with van der Waals surface area (Å²) in [5, 5.41) is 8.55. The lowest BCUT2D eigenvalue weighted by atomic mass is 10.1. The average Bonchev–Trinajstić information content (AvgIpc) is 2.20. The minimum absolute atomic E-state index is 0.286. The van der Waals surface area contributed by atoms with E-state index in [1.165, 1.54) is 6.33 Å². The second kappa shape index (κ2) is 4.00. The molecule has 0 radical (unpaired) electrons. The predicted molar refractivity (Wildman–Crippen MR) is 59.7 cm³/mol. The molecule has 1 aromatic carbocycles. The van der Waals surface area contributed by atoms with Gasteiger partial charge < -0.3 is 5.73 Å². The van der Waals surface area contributed by atoms with Crippen molar-refractivity contribution < 1.29 is 0 Å². The number of anilines is 1. The highest BCUT2D eigenvalue weighted by atomic mass is 35.5. The van der Waals surface area contributed by atoms with Gasteiger partial charge in [-0.2, -0.15) is 0 Å². The first-order valence-corrected chi connectivity index (χ1v) is 4.82. The molecule has 0 saturated heterocycles. The maximum atomic E-state index is 6.00. The molecular weight excluding hydrogens is 235 g/mol. The van der Waals surface area contributed by atoms with E-state index in [0.717, 1.165) is 0 Å². The second-order valence-electron chi connectivity index (χ2n) is 2.82. The molecule has 76 valence electrons. The number of halogens is 2. The van der Waals surface area contributed by atoms with E-state index in [1.54, 1.807) is 18.2 Å². The van der Waals surface area contributed by atoms with Crippen molar-refractivity contribution in [3.05, 3.63) is 34.6 Å². The van der Waals surface area contributed by atoms with Crippen LogP contribution in [0, 0.1) is 0 Å². The van der Waals surface area contributed by atoms with E-state index < -0.39 is 0 Å². The zero-order chi connectivity index (χ0) is 10.8. The van der Waals surface area contributed by atoms with Gasteiger partial charge in [0.05, 0.1) is 5.02 Å². The highest BCUT2D eigenvalue weighted by molar-refractivity contribution is 6.36. The SMILES string of the molecule is Nc1ncnnc1-c1ccc(Cl)cc1Cl. The van der Waals surface area contributed by atoms with Crippen LogP contribution in [-0.2, 0) is 0 Å². The summed E-state index contributed by atoms with van der Waals surface area (Å²) in [5.74, 6) is 0.286. The number of hydrogen-bond donors (Lipinski definition) is 1. The number of rotatable bonds is 1. The quantitative estimate of drug-likeness (QED) is 0.832. The first-order valence-electron chi connectivity index (χ1n) is 4.07. The van der Waals surface area contributed by atoms with Gasteiger partial charge >= 0.3 is 0 Å². The van der Waals surface area contributed by atoms with Crippen LogP contribution in [0.2, 0.25) is 10.0 Å². The molecule has 2 N–H and O–H groups in total. The zero-order valence-electron chi connectivity index (χ0n) is 7.48. The molecule has 4 nitrogen and oxygen atoms in total. The third kappa shape index (κ3) is 2.00. The topological polar surface area (TPSA) is 64.7 Å². The molecule has 1 heterocycles. The smallest absolute Gasteiger partial charge is 0.153 e. The minimum Gasteiger partial charge on any atom is -0.382 e. The number of nitrogens with two attached hydrogens (primary N) is 1. The molecule has 15 heavy (non-hydrogen) atoms. The van der Waals surface area contributed by atoms with Crippen LogP contribution in [0.4, 0.5) is 5.82 Å². The summed E-state index contributed by atoms with van der Waals surface area (Å²) in [6.07, 6.45) is 1.28. The van der Waals surface area contributed by atoms with Gasteiger partial charge in [0.2, 0.25) is 0 Å². The first-order chi connectivity index (χ1) is 7.18. The van der Waals surface area contributed by atoms with Crippen LogP contribution in [0.5, 0.6) is 0 Å². The lowest BCUT2D eigenvalue weighted by molar-refractivity contribution is 0.983. The molecule has 1 aromatic heterocycles. The van der Waals surface area contributed by atoms with Crippen molar-refractivity contribution >= 4 is 29.0 Å². The lowest BCUT2D eigenvalue weighted by Gasteiger charge is -2.04. The van der Waals surface area contributed by atoms with Crippen LogP contribution in [0.15, 0.2) is 24.5 Å². The van der Waals surface area contributed by atoms with E-state index in [1.807, 2.05) is 0 Å². The largest absolute Gasteiger partial charge is 0.382 e. The lowest BCUT2D eigenvalue weighted by Crippen LogP contribution is -1.98. The van der Waals surface area contributed by atoms with Crippen molar-refractivity contribution in [2.75, 3.05) is 5.73 Å². The van der Waals surface area contributed by atoms with Crippen LogP contribution in [-0.4, -0.2) is 15.2 Å². The Labute approximate surface area is 96.1 Å². The van der Waals surface area contributed by atoms with Gasteiger partial charge in [-0.1, -0.05) is 23.2 Å². The Kier molecular flexibility index (Phi) is 2.70. The van der Waals surface area contributed by atoms with E-state index in [9.17, 15) is 0 Å². The van der Waals surface area contributed by atoms with E-state index in [0.29, 0.717) is 21.3 Å². The molecule has 0 amide bonds. The van der Waals surface area contributed by atoms with Crippen molar-refractivity contribution in [3.8, 4) is 11.3 Å². The standard InChI is InChI=1S/C9H6Cl2N4/c10-5-1-2-6(7(11)3-5)8-9(12)13-4-14-15-8/h1-4H,(H2,12,13,14). The molecule has 0 saturated carbocycles. The average molecular weight is 241 g/mol. The molecule has 0 bridgehead atoms. The Morgan fingerprint density at radius 2 is 2.00 bits per heavy atom. The molecule has 6 heteroatoms. The summed E-state index contributed by atoms with van der Waals surface area (Å²) in [4.78, 5) is 3.83. The molecule has 0 atom stereocenters. The van der Waals surface area contributed by atoms with Gasteiger partial charge in [-0.05, 0) is 18.2 Å². The molecular formula is C9H6Cl2N4. The number of nitrogens with zero attached hydrogens (tertiary/aromatic N) is 3. The van der Waals surface area contributed by atoms with Gasteiger partial charge in [0.25, 0.3) is 0 Å². The Morgan fingerprint density at radius 1 is 1.20 bits per heavy atom. The molecule has 0 unspecified atom stereocenters. The van der Waals surface area contributed by atoms with Crippen LogP contribution in [0.25, 0.3) is 11.3 Å². The Morgan fingerprint density at radius 3 is 2.67 bits per heavy atom. The third-order valence-corrected chi connectivity index (χ3v) is 2.38. The number of hydrogen-bond acceptors (Lipinski definition) is 4. The van der Waals surface area contributed by atoms with Crippen molar-refractivity contribution in [1.82, 2.24) is 15.2 Å². The van der Waals surface area contributed by atoms with E-state index in [-0.39, 0.29) is 5.82 Å². The normalized spacial score (nSPS) is 10.3. The van der Waals surface area contributed by atoms with E-state index >= 15 is 0 Å². The van der Waals surface area contributed by atoms with Crippen LogP contribution in [0.3, 0.4) is 0 Å². The molecule has 0 aliphatic heterocycles. The fourth-order valence-electron chi connectivity index (χ4n) is 1.16. The van der Waals surface area contributed by atoms with E-state index in [2.05, 4.69) is 15.2 Å². The number of benzene rings is 1. The van der Waals surface area contributed by atoms with Crippen LogP contribution >= 0.6 is 23.2 Å². The van der Waals surface area contributed by atoms with Crippen molar-refractivity contribution in [2.24, 2.45) is 0 Å². The van der Waals surface area contributed by atoms with Crippen molar-refractivity contribution in [2.45, 2.75) is 0 Å². The summed E-state index contributed by atoms with van der Waals surface area (Å²) in [6.45, 7) is 0. The number of aromatic nitrogens is 3. The van der Waals surface area contributed by atoms with Gasteiger partial charge in [-0.15, -0.1) is 10.2 Å². The van der Waals surface area contributed by atoms with Gasteiger partial charge in [0.1, 0.15) is 12.0 Å². The van der Waals surface area contributed by atoms with Crippen LogP contribution in [0.1, 0.15) is 0 Å². The molecule has 0 spiro atoms. The molecule has 0 aliphatic carbocycles. The van der Waals surface area contributed by atoms with Crippen molar-refractivity contribution in [3.63, 3.8) is 0 Å². The molecule has 2 rings (SSSR count). The Bertz CT molecular complexity index is 501. The summed E-state index contributed by atoms with van der Waals surface area (Å²) in [7, 11) is 0. The fraction of sp³-hybridized carbons (Fsp3) is 0. The maximum absolute atomic E-state index is 6.00. The highest BCUT2D eigenvalue weighted by Crippen LogP contribution is 2.30. The Balaban J connectivity index is 2.60. The number of nitrogen functional groups attached to an aromatic ring is 1. The van der Waals surface area contributed by atoms with Gasteiger partial charge in [0.15, 0.2) is 5.82 Å². The van der Waals surface area contributed by atoms with Gasteiger partial charge in [-0.25, -0.2) is 4.98 Å². The third-order valence-electron chi connectivity index (χ3n) is 1.84. The Hall–Kier alpha value is -1.39. The monoisotopic (exact) mass is 240 g/mol. The van der Waals surface area contributed by atoms with Gasteiger partial charge in [0, 0.05) is 10.6 Å². The zero-order valence-corrected chi connectivity index (χ0v) is 9.00. The molecule has 0 aliphatic rings. The maximum Gasteiger partial charge on any atom is 0.153 e. The van der Waals surface area contributed by atoms with Crippen LogP contribution < -0.4 is 5.73 Å². The highest BCUT2D eigenvalue weighted by Gasteiger charge is 2.09. The minimum atomic E-state index is 0.286. The summed E-state index contributed by atoms with van der Waals surface area (Å²) in [6, 6.07) is 5.05. The summed E-state index contributed by atoms with van der Waals surface area (Å²) < 4.78 is 0. The summed E-state index contributed by atoms with van der Waals surface area (Å²) >= 11 is 11.8. The molecule has 2 aromatic rings. The summed E-state index contributed by atoms with van der Waals surface area (Å²) in [5.41, 5.74) is 6.78. The fourth-order valence-corrected chi connectivity index (χ4v) is 1.66. The van der Waals surface area contributed by atoms with Crippen molar-refractivity contribution in [1.29, 1.82) is 0 Å². The second-order valence-corrected chi connectivity index (χ2v) is 3.66. The predicted octanol–water partition coefficient (Wildman–Crippen LogP) is 2.43. The van der Waals surface area contributed by atoms with E-state index in [4.69, 9.17) is 28.9 Å².